The number of hydrogen-bond donors (Lipinski definition) is 1. The van der Waals surface area contributed by atoms with Gasteiger partial charge in [0.15, 0.2) is 5.17 Å². The van der Waals surface area contributed by atoms with Gasteiger partial charge in [-0.1, -0.05) is 72.4 Å². The van der Waals surface area contributed by atoms with Crippen molar-refractivity contribution >= 4 is 28.7 Å². The first-order valence-corrected chi connectivity index (χ1v) is 12.3. The fourth-order valence-electron chi connectivity index (χ4n) is 4.81. The van der Waals surface area contributed by atoms with Gasteiger partial charge < -0.3 is 15.0 Å². The summed E-state index contributed by atoms with van der Waals surface area (Å²) in [7, 11) is 1.70. The summed E-state index contributed by atoms with van der Waals surface area (Å²) in [5.74, 6) is 0.860. The van der Waals surface area contributed by atoms with Crippen LogP contribution < -0.4 is 10.1 Å². The molecule has 0 fully saturated rings. The van der Waals surface area contributed by atoms with E-state index in [2.05, 4.69) is 94.5 Å². The summed E-state index contributed by atoms with van der Waals surface area (Å²) in [5.41, 5.74) is 8.47. The van der Waals surface area contributed by atoms with Crippen molar-refractivity contribution in [1.82, 2.24) is 10.2 Å². The molecule has 0 aliphatic carbocycles. The first-order valence-electron chi connectivity index (χ1n) is 11.5. The van der Waals surface area contributed by atoms with Crippen LogP contribution in [0.1, 0.15) is 22.7 Å². The minimum atomic E-state index is 0.0824. The van der Waals surface area contributed by atoms with Crippen molar-refractivity contribution in [2.75, 3.05) is 20.2 Å². The topological polar surface area (TPSA) is 36.9 Å². The van der Waals surface area contributed by atoms with Crippen LogP contribution in [0.4, 0.5) is 0 Å². The van der Waals surface area contributed by atoms with E-state index in [0.29, 0.717) is 0 Å². The molecule has 0 aromatic heterocycles. The highest BCUT2D eigenvalue weighted by Crippen LogP contribution is 2.48. The van der Waals surface area contributed by atoms with Gasteiger partial charge in [0.25, 0.3) is 0 Å². The SMILES string of the molecule is COc1ccc(C2=CSC3=NC4=C(CNC/C4=C\c4ccccc4)C(c4ccccc4)N23)cc1. The molecule has 3 aliphatic heterocycles. The Bertz CT molecular complexity index is 1320. The summed E-state index contributed by atoms with van der Waals surface area (Å²) in [5, 5.41) is 6.89. The van der Waals surface area contributed by atoms with Crippen LogP contribution in [-0.4, -0.2) is 30.3 Å². The fourth-order valence-corrected chi connectivity index (χ4v) is 5.73. The second kappa shape index (κ2) is 9.01. The van der Waals surface area contributed by atoms with E-state index in [-0.39, 0.29) is 6.04 Å². The van der Waals surface area contributed by atoms with Crippen molar-refractivity contribution in [1.29, 1.82) is 0 Å². The molecule has 6 rings (SSSR count). The van der Waals surface area contributed by atoms with Gasteiger partial charge in [-0.25, -0.2) is 4.99 Å². The maximum Gasteiger partial charge on any atom is 0.174 e. The lowest BCUT2D eigenvalue weighted by Gasteiger charge is -2.40. The Balaban J connectivity index is 1.47. The number of benzene rings is 3. The van der Waals surface area contributed by atoms with Crippen LogP contribution >= 0.6 is 11.8 Å². The van der Waals surface area contributed by atoms with Crippen LogP contribution in [0.5, 0.6) is 5.75 Å². The Labute approximate surface area is 204 Å². The number of hydrogen-bond acceptors (Lipinski definition) is 5. The number of fused-ring (bicyclic) bond motifs is 1. The van der Waals surface area contributed by atoms with Crippen molar-refractivity contribution in [2.24, 2.45) is 4.99 Å². The highest BCUT2D eigenvalue weighted by molar-refractivity contribution is 8.16. The van der Waals surface area contributed by atoms with E-state index in [4.69, 9.17) is 9.73 Å². The monoisotopic (exact) mass is 463 g/mol. The molecule has 0 bridgehead atoms. The molecular formula is C29H25N3OS. The van der Waals surface area contributed by atoms with E-state index < -0.39 is 0 Å². The molecule has 1 atom stereocenters. The molecular weight excluding hydrogens is 438 g/mol. The number of thioether (sulfide) groups is 1. The highest BCUT2D eigenvalue weighted by atomic mass is 32.2. The number of aliphatic imine (C=N–C) groups is 1. The summed E-state index contributed by atoms with van der Waals surface area (Å²) < 4.78 is 5.38. The van der Waals surface area contributed by atoms with Gasteiger partial charge in [0.1, 0.15) is 5.75 Å². The van der Waals surface area contributed by atoms with Gasteiger partial charge in [-0.3, -0.25) is 0 Å². The molecule has 3 aromatic carbocycles. The van der Waals surface area contributed by atoms with Crippen LogP contribution in [-0.2, 0) is 0 Å². The normalized spacial score (nSPS) is 20.6. The zero-order valence-corrected chi connectivity index (χ0v) is 19.8. The largest absolute Gasteiger partial charge is 0.497 e. The second-order valence-electron chi connectivity index (χ2n) is 8.48. The molecule has 0 spiro atoms. The van der Waals surface area contributed by atoms with Gasteiger partial charge in [0.2, 0.25) is 0 Å². The molecule has 1 unspecified atom stereocenters. The van der Waals surface area contributed by atoms with Gasteiger partial charge >= 0.3 is 0 Å². The molecule has 1 N–H and O–H groups in total. The summed E-state index contributed by atoms with van der Waals surface area (Å²) in [6, 6.07) is 29.6. The molecule has 168 valence electrons. The van der Waals surface area contributed by atoms with Crippen molar-refractivity contribution in [3.63, 3.8) is 0 Å². The molecule has 34 heavy (non-hydrogen) atoms. The lowest BCUT2D eigenvalue weighted by Crippen LogP contribution is -2.40. The Morgan fingerprint density at radius 3 is 2.41 bits per heavy atom. The third-order valence-corrected chi connectivity index (χ3v) is 7.26. The van der Waals surface area contributed by atoms with E-state index in [1.807, 2.05) is 12.1 Å². The Morgan fingerprint density at radius 1 is 0.941 bits per heavy atom. The van der Waals surface area contributed by atoms with Crippen LogP contribution in [0.15, 0.2) is 112 Å². The highest BCUT2D eigenvalue weighted by Gasteiger charge is 2.40. The van der Waals surface area contributed by atoms with Crippen LogP contribution in [0.25, 0.3) is 11.8 Å². The average Bonchev–Trinajstić information content (AvgIpc) is 3.32. The Morgan fingerprint density at radius 2 is 1.68 bits per heavy atom. The standard InChI is InChI=1S/C29H25N3OS/c1-33-24-14-12-21(13-15-24)26-19-34-29-31-27-23(16-20-8-4-2-5-9-20)17-30-18-25(27)28(32(26)29)22-10-6-3-7-11-22/h2-16,19,28,30H,17-18H2,1H3/b23-16+. The number of rotatable bonds is 4. The quantitative estimate of drug-likeness (QED) is 0.508. The van der Waals surface area contributed by atoms with Gasteiger partial charge in [-0.05, 0) is 58.2 Å². The molecule has 3 aromatic rings. The van der Waals surface area contributed by atoms with Gasteiger partial charge in [0.05, 0.1) is 24.5 Å². The minimum absolute atomic E-state index is 0.0824. The van der Waals surface area contributed by atoms with E-state index >= 15 is 0 Å². The molecule has 3 heterocycles. The van der Waals surface area contributed by atoms with Crippen molar-refractivity contribution in [3.05, 3.63) is 124 Å². The zero-order chi connectivity index (χ0) is 22.9. The van der Waals surface area contributed by atoms with E-state index in [9.17, 15) is 0 Å². The average molecular weight is 464 g/mol. The fraction of sp³-hybridized carbons (Fsp3) is 0.138. The van der Waals surface area contributed by atoms with Crippen LogP contribution in [0.2, 0.25) is 0 Å². The molecule has 0 saturated heterocycles. The molecule has 0 radical (unpaired) electrons. The molecule has 0 saturated carbocycles. The van der Waals surface area contributed by atoms with Crippen molar-refractivity contribution in [3.8, 4) is 5.75 Å². The maximum atomic E-state index is 5.38. The summed E-state index contributed by atoms with van der Waals surface area (Å²) >= 11 is 1.70. The smallest absolute Gasteiger partial charge is 0.174 e. The molecule has 0 amide bonds. The van der Waals surface area contributed by atoms with Crippen LogP contribution in [0.3, 0.4) is 0 Å². The first kappa shape index (κ1) is 21.0. The lowest BCUT2D eigenvalue weighted by molar-refractivity contribution is 0.414. The lowest BCUT2D eigenvalue weighted by atomic mass is 9.88. The Hall–Kier alpha value is -3.54. The second-order valence-corrected chi connectivity index (χ2v) is 9.32. The number of methoxy groups -OCH3 is 1. The maximum absolute atomic E-state index is 5.38. The van der Waals surface area contributed by atoms with Gasteiger partial charge in [-0.15, -0.1) is 0 Å². The minimum Gasteiger partial charge on any atom is -0.497 e. The van der Waals surface area contributed by atoms with E-state index in [0.717, 1.165) is 35.3 Å². The number of nitrogens with zero attached hydrogens (tertiary/aromatic N) is 2. The van der Waals surface area contributed by atoms with Crippen molar-refractivity contribution < 1.29 is 4.74 Å². The van der Waals surface area contributed by atoms with Gasteiger partial charge in [0, 0.05) is 18.5 Å². The third-order valence-electron chi connectivity index (χ3n) is 6.42. The van der Waals surface area contributed by atoms with Gasteiger partial charge in [-0.2, -0.15) is 0 Å². The van der Waals surface area contributed by atoms with Crippen LogP contribution in [0, 0.1) is 0 Å². The predicted octanol–water partition coefficient (Wildman–Crippen LogP) is 6.09. The van der Waals surface area contributed by atoms with E-state index in [1.165, 1.54) is 28.0 Å². The Kier molecular flexibility index (Phi) is 5.57. The summed E-state index contributed by atoms with van der Waals surface area (Å²) in [4.78, 5) is 7.63. The molecule has 5 heteroatoms. The first-order chi connectivity index (χ1) is 16.8. The number of ether oxygens (including phenoxy) is 1. The number of nitrogens with one attached hydrogen (secondary N) is 1. The van der Waals surface area contributed by atoms with Crippen molar-refractivity contribution in [2.45, 2.75) is 6.04 Å². The molecule has 4 nitrogen and oxygen atoms in total. The zero-order valence-electron chi connectivity index (χ0n) is 18.9. The third kappa shape index (κ3) is 3.77. The van der Waals surface area contributed by atoms with E-state index in [1.54, 1.807) is 18.9 Å². The summed E-state index contributed by atoms with van der Waals surface area (Å²) in [6.07, 6.45) is 2.26. The predicted molar refractivity (Wildman–Crippen MR) is 141 cm³/mol. The summed E-state index contributed by atoms with van der Waals surface area (Å²) in [6.45, 7) is 1.63. The number of amidine groups is 1. The molecule has 3 aliphatic rings.